The van der Waals surface area contributed by atoms with Crippen molar-refractivity contribution >= 4 is 17.7 Å². The van der Waals surface area contributed by atoms with Gasteiger partial charge in [-0.2, -0.15) is 0 Å². The Hall–Kier alpha value is -1.89. The number of amides is 1. The number of thioether (sulfide) groups is 1. The molecular formula is C16H20N4O2S. The minimum atomic E-state index is 0.153. The van der Waals surface area contributed by atoms with Crippen molar-refractivity contribution in [1.29, 1.82) is 0 Å². The lowest BCUT2D eigenvalue weighted by Crippen LogP contribution is -2.35. The van der Waals surface area contributed by atoms with Gasteiger partial charge in [0.25, 0.3) is 5.22 Å². The van der Waals surface area contributed by atoms with Crippen molar-refractivity contribution < 1.29 is 9.21 Å². The van der Waals surface area contributed by atoms with E-state index in [1.165, 1.54) is 31.0 Å². The molecule has 1 saturated heterocycles. The summed E-state index contributed by atoms with van der Waals surface area (Å²) in [6, 6.07) is 3.63. The quantitative estimate of drug-likeness (QED) is 0.802. The van der Waals surface area contributed by atoms with Crippen molar-refractivity contribution in [2.75, 3.05) is 18.8 Å². The van der Waals surface area contributed by atoms with Crippen molar-refractivity contribution in [1.82, 2.24) is 20.1 Å². The second-order valence-corrected chi connectivity index (χ2v) is 6.47. The lowest BCUT2D eigenvalue weighted by molar-refractivity contribution is -0.128. The molecule has 0 bridgehead atoms. The molecule has 0 radical (unpaired) electrons. The summed E-state index contributed by atoms with van der Waals surface area (Å²) in [7, 11) is 0. The van der Waals surface area contributed by atoms with Gasteiger partial charge in [-0.05, 0) is 25.0 Å². The third kappa shape index (κ3) is 4.54. The number of nitrogens with zero attached hydrogens (tertiary/aromatic N) is 4. The molecule has 3 heterocycles. The van der Waals surface area contributed by atoms with Gasteiger partial charge < -0.3 is 9.32 Å². The highest BCUT2D eigenvalue weighted by Gasteiger charge is 2.17. The van der Waals surface area contributed by atoms with Gasteiger partial charge in [0.15, 0.2) is 0 Å². The fourth-order valence-corrected chi connectivity index (χ4v) is 3.26. The summed E-state index contributed by atoms with van der Waals surface area (Å²) in [5.41, 5.74) is 0.828. The lowest BCUT2D eigenvalue weighted by atomic mass is 10.1. The predicted octanol–water partition coefficient (Wildman–Crippen LogP) is 3.02. The topological polar surface area (TPSA) is 72.1 Å². The predicted molar refractivity (Wildman–Crippen MR) is 87.9 cm³/mol. The summed E-state index contributed by atoms with van der Waals surface area (Å²) in [6.45, 7) is 1.73. The van der Waals surface area contributed by atoms with Crippen LogP contribution < -0.4 is 0 Å². The molecule has 0 N–H and O–H groups in total. The van der Waals surface area contributed by atoms with Crippen molar-refractivity contribution in [3.8, 4) is 11.5 Å². The van der Waals surface area contributed by atoms with Gasteiger partial charge in [0, 0.05) is 31.0 Å². The number of carbonyl (C=O) groups excluding carboxylic acids is 1. The maximum Gasteiger partial charge on any atom is 0.277 e. The molecular weight excluding hydrogens is 312 g/mol. The molecule has 23 heavy (non-hydrogen) atoms. The molecule has 0 atom stereocenters. The summed E-state index contributed by atoms with van der Waals surface area (Å²) in [6.07, 6.45) is 9.28. The van der Waals surface area contributed by atoms with Crippen LogP contribution in [0.15, 0.2) is 34.2 Å². The molecule has 1 aliphatic rings. The van der Waals surface area contributed by atoms with Crippen molar-refractivity contribution in [3.63, 3.8) is 0 Å². The Kier molecular flexibility index (Phi) is 5.63. The molecule has 1 aliphatic heterocycles. The largest absolute Gasteiger partial charge is 0.411 e. The molecule has 0 unspecified atom stereocenters. The van der Waals surface area contributed by atoms with Crippen molar-refractivity contribution in [3.05, 3.63) is 24.5 Å². The van der Waals surface area contributed by atoms with E-state index in [1.54, 1.807) is 12.4 Å². The molecule has 0 aliphatic carbocycles. The number of rotatable bonds is 4. The zero-order valence-electron chi connectivity index (χ0n) is 13.0. The molecule has 2 aromatic rings. The number of hydrogen-bond donors (Lipinski definition) is 0. The standard InChI is InChI=1S/C16H20N4O2S/c21-14(20-10-4-2-1-3-5-11-20)12-23-16-19-18-15(22-16)13-6-8-17-9-7-13/h6-9H,1-5,10-12H2. The lowest BCUT2D eigenvalue weighted by Gasteiger charge is -2.24. The number of likely N-dealkylation sites (tertiary alicyclic amines) is 1. The minimum absolute atomic E-state index is 0.153. The molecule has 2 aromatic heterocycles. The maximum atomic E-state index is 12.3. The van der Waals surface area contributed by atoms with Crippen LogP contribution in [0.2, 0.25) is 0 Å². The van der Waals surface area contributed by atoms with Crippen LogP contribution in [0, 0.1) is 0 Å². The first kappa shape index (κ1) is 16.0. The van der Waals surface area contributed by atoms with E-state index in [0.29, 0.717) is 16.9 Å². The van der Waals surface area contributed by atoms with Gasteiger partial charge in [-0.15, -0.1) is 10.2 Å². The first-order chi connectivity index (χ1) is 11.3. The molecule has 0 aromatic carbocycles. The van der Waals surface area contributed by atoms with E-state index in [0.717, 1.165) is 31.5 Å². The molecule has 0 saturated carbocycles. The van der Waals surface area contributed by atoms with Crippen LogP contribution >= 0.6 is 11.8 Å². The third-order valence-electron chi connectivity index (χ3n) is 3.86. The van der Waals surface area contributed by atoms with E-state index in [2.05, 4.69) is 15.2 Å². The zero-order valence-corrected chi connectivity index (χ0v) is 13.8. The third-order valence-corrected chi connectivity index (χ3v) is 4.66. The Morgan fingerprint density at radius 1 is 1.09 bits per heavy atom. The molecule has 1 amide bonds. The SMILES string of the molecule is O=C(CSc1nnc(-c2ccncc2)o1)N1CCCCCCC1. The van der Waals surface area contributed by atoms with E-state index in [9.17, 15) is 4.79 Å². The number of carbonyl (C=O) groups is 1. The Morgan fingerprint density at radius 2 is 1.78 bits per heavy atom. The Morgan fingerprint density at radius 3 is 2.52 bits per heavy atom. The van der Waals surface area contributed by atoms with E-state index in [1.807, 2.05) is 17.0 Å². The smallest absolute Gasteiger partial charge is 0.277 e. The monoisotopic (exact) mass is 332 g/mol. The van der Waals surface area contributed by atoms with Crippen LogP contribution in [-0.4, -0.2) is 44.8 Å². The molecule has 122 valence electrons. The first-order valence-electron chi connectivity index (χ1n) is 7.97. The molecule has 1 fully saturated rings. The van der Waals surface area contributed by atoms with Crippen LogP contribution in [-0.2, 0) is 4.79 Å². The van der Waals surface area contributed by atoms with Crippen molar-refractivity contribution in [2.24, 2.45) is 0 Å². The minimum Gasteiger partial charge on any atom is -0.411 e. The number of aromatic nitrogens is 3. The Balaban J connectivity index is 1.53. The summed E-state index contributed by atoms with van der Waals surface area (Å²) >= 11 is 1.30. The van der Waals surface area contributed by atoms with Gasteiger partial charge in [-0.1, -0.05) is 31.0 Å². The highest BCUT2D eigenvalue weighted by atomic mass is 32.2. The zero-order chi connectivity index (χ0) is 15.9. The Labute approximate surface area is 139 Å². The van der Waals surface area contributed by atoms with Crippen LogP contribution in [0.25, 0.3) is 11.5 Å². The van der Waals surface area contributed by atoms with E-state index in [-0.39, 0.29) is 5.91 Å². The van der Waals surface area contributed by atoms with E-state index < -0.39 is 0 Å². The maximum absolute atomic E-state index is 12.3. The summed E-state index contributed by atoms with van der Waals surface area (Å²) in [5, 5.41) is 8.44. The van der Waals surface area contributed by atoms with Gasteiger partial charge in [0.2, 0.25) is 11.8 Å². The van der Waals surface area contributed by atoms with Crippen LogP contribution in [0.5, 0.6) is 0 Å². The summed E-state index contributed by atoms with van der Waals surface area (Å²) in [5.74, 6) is 0.951. The van der Waals surface area contributed by atoms with E-state index in [4.69, 9.17) is 4.42 Å². The summed E-state index contributed by atoms with van der Waals surface area (Å²) in [4.78, 5) is 18.2. The van der Waals surface area contributed by atoms with Gasteiger partial charge in [-0.3, -0.25) is 9.78 Å². The van der Waals surface area contributed by atoms with Crippen LogP contribution in [0.3, 0.4) is 0 Å². The average Bonchev–Trinajstić information content (AvgIpc) is 3.02. The Bertz CT molecular complexity index is 624. The van der Waals surface area contributed by atoms with Crippen molar-refractivity contribution in [2.45, 2.75) is 37.3 Å². The van der Waals surface area contributed by atoms with Gasteiger partial charge in [0.1, 0.15) is 0 Å². The van der Waals surface area contributed by atoms with Gasteiger partial charge >= 0.3 is 0 Å². The molecule has 7 heteroatoms. The van der Waals surface area contributed by atoms with Crippen LogP contribution in [0.4, 0.5) is 0 Å². The molecule has 3 rings (SSSR count). The average molecular weight is 332 g/mol. The molecule has 6 nitrogen and oxygen atoms in total. The van der Waals surface area contributed by atoms with Gasteiger partial charge in [0.05, 0.1) is 5.75 Å². The number of hydrogen-bond acceptors (Lipinski definition) is 6. The fourth-order valence-electron chi connectivity index (χ4n) is 2.59. The number of pyridine rings is 1. The normalized spacial score (nSPS) is 15.9. The highest BCUT2D eigenvalue weighted by Crippen LogP contribution is 2.23. The van der Waals surface area contributed by atoms with Crippen LogP contribution in [0.1, 0.15) is 32.1 Å². The highest BCUT2D eigenvalue weighted by molar-refractivity contribution is 7.99. The fraction of sp³-hybridized carbons (Fsp3) is 0.500. The first-order valence-corrected chi connectivity index (χ1v) is 8.96. The second-order valence-electron chi connectivity index (χ2n) is 5.55. The van der Waals surface area contributed by atoms with Gasteiger partial charge in [-0.25, -0.2) is 0 Å². The summed E-state index contributed by atoms with van der Waals surface area (Å²) < 4.78 is 5.59. The van der Waals surface area contributed by atoms with E-state index >= 15 is 0 Å². The second kappa shape index (κ2) is 8.10. The molecule has 0 spiro atoms.